The zero-order valence-corrected chi connectivity index (χ0v) is 17.6. The number of hydrogen-bond acceptors (Lipinski definition) is 4. The molecule has 0 radical (unpaired) electrons. The Morgan fingerprint density at radius 2 is 1.71 bits per heavy atom. The number of unbranched alkanes of at least 4 members (excludes halogenated alkanes) is 5. The van der Waals surface area contributed by atoms with E-state index in [1.54, 1.807) is 4.90 Å². The lowest BCUT2D eigenvalue weighted by molar-refractivity contribution is -0.133. The first kappa shape index (κ1) is 23.0. The third kappa shape index (κ3) is 7.30. The maximum atomic E-state index is 12.5. The van der Waals surface area contributed by atoms with Gasteiger partial charge in [-0.05, 0) is 30.4 Å². The molecule has 0 aromatic heterocycles. The maximum absolute atomic E-state index is 12.5. The quantitative estimate of drug-likeness (QED) is 0.359. The van der Waals surface area contributed by atoms with Crippen LogP contribution < -0.4 is 5.73 Å². The van der Waals surface area contributed by atoms with E-state index in [0.29, 0.717) is 19.5 Å². The number of hydrogen-bond donors (Lipinski definition) is 3. The summed E-state index contributed by atoms with van der Waals surface area (Å²) in [6.45, 7) is 2.62. The van der Waals surface area contributed by atoms with E-state index in [-0.39, 0.29) is 5.91 Å². The van der Waals surface area contributed by atoms with E-state index in [1.165, 1.54) is 44.1 Å². The summed E-state index contributed by atoms with van der Waals surface area (Å²) in [6, 6.07) is 8.27. The second-order valence-corrected chi connectivity index (χ2v) is 8.97. The van der Waals surface area contributed by atoms with Crippen molar-refractivity contribution in [3.8, 4) is 0 Å². The fourth-order valence-electron chi connectivity index (χ4n) is 3.48. The van der Waals surface area contributed by atoms with Gasteiger partial charge < -0.3 is 20.4 Å². The topological polar surface area (TPSA) is 113 Å². The van der Waals surface area contributed by atoms with Crippen molar-refractivity contribution in [3.05, 3.63) is 35.4 Å². The standard InChI is InChI=1S/C20H33N2O5P/c1-2-3-4-5-6-7-8-17-9-11-18(12-10-17)15-22-14-13-20(21,19(22)23)16-27-28(24,25)26/h9-12H,2-8,13-16,21H2,1H3,(H2,24,25,26). The molecular formula is C20H33N2O5P. The van der Waals surface area contributed by atoms with Crippen LogP contribution in [0.1, 0.15) is 63.0 Å². The van der Waals surface area contributed by atoms with Crippen molar-refractivity contribution < 1.29 is 23.7 Å². The highest BCUT2D eigenvalue weighted by Crippen LogP contribution is 2.38. The van der Waals surface area contributed by atoms with Crippen molar-refractivity contribution in [1.82, 2.24) is 4.90 Å². The molecule has 1 saturated heterocycles. The average molecular weight is 412 g/mol. The number of benzene rings is 1. The van der Waals surface area contributed by atoms with Crippen molar-refractivity contribution in [2.45, 2.75) is 70.4 Å². The van der Waals surface area contributed by atoms with Crippen LogP contribution in [0.25, 0.3) is 0 Å². The molecule has 28 heavy (non-hydrogen) atoms. The second-order valence-electron chi connectivity index (χ2n) is 7.73. The normalized spacial score (nSPS) is 20.1. The highest BCUT2D eigenvalue weighted by Gasteiger charge is 2.44. The number of carbonyl (C=O) groups is 1. The summed E-state index contributed by atoms with van der Waals surface area (Å²) in [6.07, 6.45) is 9.05. The number of likely N-dealkylation sites (tertiary alicyclic amines) is 1. The Balaban J connectivity index is 1.79. The Kier molecular flexibility index (Phi) is 8.65. The summed E-state index contributed by atoms with van der Waals surface area (Å²) < 4.78 is 15.3. The number of carbonyl (C=O) groups excluding carboxylic acids is 1. The van der Waals surface area contributed by atoms with E-state index in [0.717, 1.165) is 12.0 Å². The smallest absolute Gasteiger partial charge is 0.337 e. The van der Waals surface area contributed by atoms with E-state index >= 15 is 0 Å². The van der Waals surface area contributed by atoms with E-state index in [4.69, 9.17) is 15.5 Å². The van der Waals surface area contributed by atoms with Crippen LogP contribution in [0.3, 0.4) is 0 Å². The van der Waals surface area contributed by atoms with Gasteiger partial charge in [-0.2, -0.15) is 0 Å². The van der Waals surface area contributed by atoms with E-state index in [9.17, 15) is 9.36 Å². The van der Waals surface area contributed by atoms with Gasteiger partial charge in [0.2, 0.25) is 5.91 Å². The maximum Gasteiger partial charge on any atom is 0.469 e. The molecule has 2 rings (SSSR count). The molecular weight excluding hydrogens is 379 g/mol. The van der Waals surface area contributed by atoms with Crippen LogP contribution in [0.5, 0.6) is 0 Å². The molecule has 1 fully saturated rings. The van der Waals surface area contributed by atoms with Crippen molar-refractivity contribution in [2.24, 2.45) is 5.73 Å². The van der Waals surface area contributed by atoms with Gasteiger partial charge in [-0.15, -0.1) is 0 Å². The molecule has 1 aromatic rings. The Morgan fingerprint density at radius 1 is 1.11 bits per heavy atom. The molecule has 1 aromatic carbocycles. The fraction of sp³-hybridized carbons (Fsp3) is 0.650. The molecule has 1 atom stereocenters. The lowest BCUT2D eigenvalue weighted by atomic mass is 10.0. The SMILES string of the molecule is CCCCCCCCc1ccc(CN2CCC(N)(COP(=O)(O)O)C2=O)cc1. The minimum absolute atomic E-state index is 0.307. The number of phosphoric ester groups is 1. The molecule has 0 aliphatic carbocycles. The first-order valence-electron chi connectivity index (χ1n) is 10.1. The van der Waals surface area contributed by atoms with Gasteiger partial charge in [-0.3, -0.25) is 9.32 Å². The van der Waals surface area contributed by atoms with Gasteiger partial charge in [0.1, 0.15) is 5.54 Å². The van der Waals surface area contributed by atoms with E-state index < -0.39 is 20.0 Å². The molecule has 1 aliphatic rings. The monoisotopic (exact) mass is 412 g/mol. The fourth-order valence-corrected chi connectivity index (χ4v) is 3.88. The third-order valence-electron chi connectivity index (χ3n) is 5.25. The Labute approximate surface area is 167 Å². The van der Waals surface area contributed by atoms with Gasteiger partial charge >= 0.3 is 7.82 Å². The largest absolute Gasteiger partial charge is 0.469 e. The molecule has 1 amide bonds. The third-order valence-corrected chi connectivity index (χ3v) is 5.71. The zero-order valence-electron chi connectivity index (χ0n) is 16.7. The van der Waals surface area contributed by atoms with E-state index in [1.807, 2.05) is 12.1 Å². The summed E-state index contributed by atoms with van der Waals surface area (Å²) in [5.41, 5.74) is 6.96. The van der Waals surface area contributed by atoms with Gasteiger partial charge in [0.05, 0.1) is 6.61 Å². The Hall–Kier alpha value is -1.24. The highest BCUT2D eigenvalue weighted by molar-refractivity contribution is 7.46. The summed E-state index contributed by atoms with van der Waals surface area (Å²) in [5.74, 6) is -0.336. The van der Waals surface area contributed by atoms with Crippen molar-refractivity contribution >= 4 is 13.7 Å². The van der Waals surface area contributed by atoms with Crippen molar-refractivity contribution in [3.63, 3.8) is 0 Å². The summed E-state index contributed by atoms with van der Waals surface area (Å²) in [7, 11) is -4.65. The first-order valence-corrected chi connectivity index (χ1v) is 11.6. The van der Waals surface area contributed by atoms with Gasteiger partial charge in [0.25, 0.3) is 0 Å². The van der Waals surface area contributed by atoms with Crippen LogP contribution >= 0.6 is 7.82 Å². The number of aryl methyl sites for hydroxylation is 1. The molecule has 158 valence electrons. The lowest BCUT2D eigenvalue weighted by Gasteiger charge is -2.23. The summed E-state index contributed by atoms with van der Waals surface area (Å²) in [4.78, 5) is 31.8. The predicted octanol–water partition coefficient (Wildman–Crippen LogP) is 3.13. The molecule has 8 heteroatoms. The lowest BCUT2D eigenvalue weighted by Crippen LogP contribution is -2.51. The Morgan fingerprint density at radius 3 is 2.36 bits per heavy atom. The molecule has 0 bridgehead atoms. The minimum atomic E-state index is -4.65. The van der Waals surface area contributed by atoms with Crippen LogP contribution in [-0.4, -0.2) is 39.3 Å². The predicted molar refractivity (Wildman–Crippen MR) is 108 cm³/mol. The summed E-state index contributed by atoms with van der Waals surface area (Å²) in [5, 5.41) is 0. The number of nitrogens with two attached hydrogens (primary N) is 1. The molecule has 1 heterocycles. The van der Waals surface area contributed by atoms with E-state index in [2.05, 4.69) is 23.6 Å². The Bertz CT molecular complexity index is 676. The van der Waals surface area contributed by atoms with Crippen LogP contribution in [0.2, 0.25) is 0 Å². The van der Waals surface area contributed by atoms with Gasteiger partial charge in [-0.25, -0.2) is 4.57 Å². The van der Waals surface area contributed by atoms with Gasteiger partial charge in [0, 0.05) is 13.1 Å². The van der Waals surface area contributed by atoms with Crippen molar-refractivity contribution in [1.29, 1.82) is 0 Å². The van der Waals surface area contributed by atoms with Crippen molar-refractivity contribution in [2.75, 3.05) is 13.2 Å². The average Bonchev–Trinajstić information content (AvgIpc) is 2.93. The molecule has 7 nitrogen and oxygen atoms in total. The number of phosphoric acid groups is 1. The second kappa shape index (κ2) is 10.5. The molecule has 0 spiro atoms. The highest BCUT2D eigenvalue weighted by atomic mass is 31.2. The van der Waals surface area contributed by atoms with Crippen LogP contribution in [0.15, 0.2) is 24.3 Å². The zero-order chi connectivity index (χ0) is 20.6. The minimum Gasteiger partial charge on any atom is -0.337 e. The first-order chi connectivity index (χ1) is 13.2. The number of rotatable bonds is 12. The van der Waals surface area contributed by atoms with Gasteiger partial charge in [0.15, 0.2) is 0 Å². The van der Waals surface area contributed by atoms with Crippen LogP contribution in [0.4, 0.5) is 0 Å². The number of nitrogens with zero attached hydrogens (tertiary/aromatic N) is 1. The molecule has 1 aliphatic heterocycles. The molecule has 0 saturated carbocycles. The van der Waals surface area contributed by atoms with Crippen LogP contribution in [0, 0.1) is 0 Å². The van der Waals surface area contributed by atoms with Crippen LogP contribution in [-0.2, 0) is 26.8 Å². The molecule has 4 N–H and O–H groups in total. The van der Waals surface area contributed by atoms with Gasteiger partial charge in [-0.1, -0.05) is 63.3 Å². The summed E-state index contributed by atoms with van der Waals surface area (Å²) >= 11 is 0. The molecule has 1 unspecified atom stereocenters. The number of amides is 1.